The molecule has 3 heteroatoms. The number of rotatable bonds is 3. The second-order valence-electron chi connectivity index (χ2n) is 6.73. The second kappa shape index (κ2) is 4.63. The third-order valence-corrected chi connectivity index (χ3v) is 4.77. The zero-order chi connectivity index (χ0) is 14.3. The summed E-state index contributed by atoms with van der Waals surface area (Å²) in [4.78, 5) is 12.2. The number of anilines is 1. The Labute approximate surface area is 120 Å². The molecule has 1 aromatic rings. The molecule has 1 aromatic carbocycles. The Balaban J connectivity index is 1.63. The van der Waals surface area contributed by atoms with Gasteiger partial charge in [-0.3, -0.25) is 4.79 Å². The number of carbonyl (C=O) groups excluding carboxylic acids is 1. The lowest BCUT2D eigenvalue weighted by molar-refractivity contribution is -0.120. The van der Waals surface area contributed by atoms with Gasteiger partial charge in [-0.05, 0) is 62.6 Å². The molecular formula is C17H20N2O. The van der Waals surface area contributed by atoms with Gasteiger partial charge in [0.2, 0.25) is 5.91 Å². The van der Waals surface area contributed by atoms with Gasteiger partial charge in [0.15, 0.2) is 0 Å². The maximum Gasteiger partial charge on any atom is 0.227 e. The standard InChI is InChI=1S/C17H20N2O/c1-17(2,10-18)14-3-5-15(6-4-14)19-16(20)13-8-11-7-12(11)9-13/h3-6,11-13H,7-9H2,1-2H3,(H,19,20). The molecule has 2 unspecified atom stereocenters. The maximum atomic E-state index is 12.2. The average molecular weight is 268 g/mol. The van der Waals surface area contributed by atoms with E-state index < -0.39 is 5.41 Å². The van der Waals surface area contributed by atoms with E-state index in [9.17, 15) is 4.79 Å². The number of hydrogen-bond acceptors (Lipinski definition) is 2. The Morgan fingerprint density at radius 2 is 1.80 bits per heavy atom. The van der Waals surface area contributed by atoms with Crippen molar-refractivity contribution in [1.29, 1.82) is 5.26 Å². The van der Waals surface area contributed by atoms with Crippen LogP contribution in [0.4, 0.5) is 5.69 Å². The Bertz CT molecular complexity index is 558. The van der Waals surface area contributed by atoms with Crippen LogP contribution in [0.25, 0.3) is 0 Å². The van der Waals surface area contributed by atoms with Crippen LogP contribution in [0.15, 0.2) is 24.3 Å². The lowest BCUT2D eigenvalue weighted by Gasteiger charge is -2.17. The third kappa shape index (κ3) is 2.43. The van der Waals surface area contributed by atoms with E-state index >= 15 is 0 Å². The molecule has 2 fully saturated rings. The Hall–Kier alpha value is -1.82. The van der Waals surface area contributed by atoms with Gasteiger partial charge in [-0.25, -0.2) is 0 Å². The summed E-state index contributed by atoms with van der Waals surface area (Å²) in [6.07, 6.45) is 3.47. The molecule has 0 aromatic heterocycles. The Kier molecular flexibility index (Phi) is 3.05. The maximum absolute atomic E-state index is 12.2. The number of carbonyl (C=O) groups is 1. The van der Waals surface area contributed by atoms with E-state index in [0.29, 0.717) is 0 Å². The van der Waals surface area contributed by atoms with Crippen LogP contribution in [0.2, 0.25) is 0 Å². The van der Waals surface area contributed by atoms with Crippen LogP contribution in [0.5, 0.6) is 0 Å². The second-order valence-corrected chi connectivity index (χ2v) is 6.73. The molecule has 1 N–H and O–H groups in total. The molecule has 1 amide bonds. The summed E-state index contributed by atoms with van der Waals surface area (Å²) in [6.45, 7) is 3.79. The van der Waals surface area contributed by atoms with Crippen molar-refractivity contribution in [1.82, 2.24) is 0 Å². The molecule has 0 heterocycles. The smallest absolute Gasteiger partial charge is 0.227 e. The molecule has 0 saturated heterocycles. The highest BCUT2D eigenvalue weighted by Gasteiger charge is 2.47. The highest BCUT2D eigenvalue weighted by molar-refractivity contribution is 5.92. The van der Waals surface area contributed by atoms with Crippen molar-refractivity contribution in [2.45, 2.75) is 38.5 Å². The van der Waals surface area contributed by atoms with Crippen LogP contribution in [-0.2, 0) is 10.2 Å². The van der Waals surface area contributed by atoms with Gasteiger partial charge in [-0.2, -0.15) is 5.26 Å². The SMILES string of the molecule is CC(C)(C#N)c1ccc(NC(=O)C2CC3CC3C2)cc1. The summed E-state index contributed by atoms with van der Waals surface area (Å²) < 4.78 is 0. The first kappa shape index (κ1) is 13.2. The molecule has 3 nitrogen and oxygen atoms in total. The van der Waals surface area contributed by atoms with Gasteiger partial charge in [0.05, 0.1) is 11.5 Å². The van der Waals surface area contributed by atoms with Crippen LogP contribution in [0, 0.1) is 29.1 Å². The molecule has 20 heavy (non-hydrogen) atoms. The molecule has 104 valence electrons. The first-order chi connectivity index (χ1) is 9.49. The number of amides is 1. The summed E-state index contributed by atoms with van der Waals surface area (Å²) in [5, 5.41) is 12.1. The van der Waals surface area contributed by atoms with Gasteiger partial charge >= 0.3 is 0 Å². The van der Waals surface area contributed by atoms with Gasteiger partial charge in [0, 0.05) is 11.6 Å². The number of nitrogens with one attached hydrogen (secondary N) is 1. The van der Waals surface area contributed by atoms with Gasteiger partial charge < -0.3 is 5.32 Å². The van der Waals surface area contributed by atoms with Crippen LogP contribution in [0.1, 0.15) is 38.7 Å². The van der Waals surface area contributed by atoms with Crippen molar-refractivity contribution in [3.8, 4) is 6.07 Å². The quantitative estimate of drug-likeness (QED) is 0.912. The molecule has 3 rings (SSSR count). The molecule has 2 aliphatic rings. The largest absolute Gasteiger partial charge is 0.326 e. The van der Waals surface area contributed by atoms with Gasteiger partial charge in [-0.1, -0.05) is 12.1 Å². The molecular weight excluding hydrogens is 248 g/mol. The van der Waals surface area contributed by atoms with Crippen LogP contribution in [-0.4, -0.2) is 5.91 Å². The lowest BCUT2D eigenvalue weighted by atomic mass is 9.86. The van der Waals surface area contributed by atoms with E-state index in [4.69, 9.17) is 5.26 Å². The normalized spacial score (nSPS) is 27.6. The summed E-state index contributed by atoms with van der Waals surface area (Å²) in [5.74, 6) is 2.01. The molecule has 2 saturated carbocycles. The predicted molar refractivity (Wildman–Crippen MR) is 78.0 cm³/mol. The molecule has 0 aliphatic heterocycles. The average Bonchev–Trinajstić information content (AvgIpc) is 3.05. The molecule has 0 bridgehead atoms. The number of benzene rings is 1. The highest BCUT2D eigenvalue weighted by atomic mass is 16.1. The topological polar surface area (TPSA) is 52.9 Å². The summed E-state index contributed by atoms with van der Waals surface area (Å²) in [7, 11) is 0. The zero-order valence-corrected chi connectivity index (χ0v) is 12.0. The summed E-state index contributed by atoms with van der Waals surface area (Å²) in [6, 6.07) is 9.91. The lowest BCUT2D eigenvalue weighted by Crippen LogP contribution is -2.21. The zero-order valence-electron chi connectivity index (χ0n) is 12.0. The molecule has 2 atom stereocenters. The molecule has 0 radical (unpaired) electrons. The summed E-state index contributed by atoms with van der Waals surface area (Å²) >= 11 is 0. The molecule has 0 spiro atoms. The fourth-order valence-electron chi connectivity index (χ4n) is 3.21. The third-order valence-electron chi connectivity index (χ3n) is 4.77. The monoisotopic (exact) mass is 268 g/mol. The van der Waals surface area contributed by atoms with Crippen molar-refractivity contribution < 1.29 is 4.79 Å². The number of nitrogens with zero attached hydrogens (tertiary/aromatic N) is 1. The van der Waals surface area contributed by atoms with Gasteiger partial charge in [0.1, 0.15) is 0 Å². The van der Waals surface area contributed by atoms with Crippen LogP contribution < -0.4 is 5.32 Å². The Morgan fingerprint density at radius 3 is 2.35 bits per heavy atom. The number of hydrogen-bond donors (Lipinski definition) is 1. The van der Waals surface area contributed by atoms with Crippen molar-refractivity contribution in [3.05, 3.63) is 29.8 Å². The van der Waals surface area contributed by atoms with Crippen molar-refractivity contribution in [3.63, 3.8) is 0 Å². The number of nitriles is 1. The first-order valence-corrected chi connectivity index (χ1v) is 7.32. The van der Waals surface area contributed by atoms with Crippen molar-refractivity contribution in [2.24, 2.45) is 17.8 Å². The van der Waals surface area contributed by atoms with E-state index in [-0.39, 0.29) is 11.8 Å². The van der Waals surface area contributed by atoms with E-state index in [1.165, 1.54) is 6.42 Å². The van der Waals surface area contributed by atoms with Gasteiger partial charge in [-0.15, -0.1) is 0 Å². The number of fused-ring (bicyclic) bond motifs is 1. The van der Waals surface area contributed by atoms with Crippen molar-refractivity contribution >= 4 is 11.6 Å². The molecule has 2 aliphatic carbocycles. The van der Waals surface area contributed by atoms with E-state index in [0.717, 1.165) is 35.9 Å². The first-order valence-electron chi connectivity index (χ1n) is 7.32. The fourth-order valence-corrected chi connectivity index (χ4v) is 3.21. The fraction of sp³-hybridized carbons (Fsp3) is 0.529. The van der Waals surface area contributed by atoms with E-state index in [1.807, 2.05) is 38.1 Å². The predicted octanol–water partition coefficient (Wildman–Crippen LogP) is 3.47. The van der Waals surface area contributed by atoms with E-state index in [1.54, 1.807) is 0 Å². The highest BCUT2D eigenvalue weighted by Crippen LogP contribution is 2.54. The van der Waals surface area contributed by atoms with Crippen LogP contribution >= 0.6 is 0 Å². The van der Waals surface area contributed by atoms with Crippen LogP contribution in [0.3, 0.4) is 0 Å². The minimum atomic E-state index is -0.491. The van der Waals surface area contributed by atoms with E-state index in [2.05, 4.69) is 11.4 Å². The van der Waals surface area contributed by atoms with Crippen molar-refractivity contribution in [2.75, 3.05) is 5.32 Å². The van der Waals surface area contributed by atoms with Gasteiger partial charge in [0.25, 0.3) is 0 Å². The minimum absolute atomic E-state index is 0.157. The Morgan fingerprint density at radius 1 is 1.20 bits per heavy atom. The summed E-state index contributed by atoms with van der Waals surface area (Å²) in [5.41, 5.74) is 1.31. The minimum Gasteiger partial charge on any atom is -0.326 e.